The monoisotopic (exact) mass is 227 g/mol. The van der Waals surface area contributed by atoms with Crippen LogP contribution in [0.2, 0.25) is 5.15 Å². The highest BCUT2D eigenvalue weighted by Gasteiger charge is 2.32. The molecule has 2 heterocycles. The van der Waals surface area contributed by atoms with E-state index in [0.29, 0.717) is 24.8 Å². The van der Waals surface area contributed by atoms with Crippen molar-refractivity contribution in [1.82, 2.24) is 15.1 Å². The number of carboxylic acids is 1. The molecule has 1 fully saturated rings. The van der Waals surface area contributed by atoms with Gasteiger partial charge in [-0.25, -0.2) is 0 Å². The summed E-state index contributed by atoms with van der Waals surface area (Å²) < 4.78 is 0. The van der Waals surface area contributed by atoms with Crippen molar-refractivity contribution < 1.29 is 9.90 Å². The Bertz CT molecular complexity index is 362. The molecule has 0 radical (unpaired) electrons. The van der Waals surface area contributed by atoms with Crippen molar-refractivity contribution in [2.24, 2.45) is 5.92 Å². The minimum absolute atomic E-state index is 0.231. The van der Waals surface area contributed by atoms with Crippen molar-refractivity contribution >= 4 is 17.6 Å². The molecule has 6 heteroatoms. The molecule has 1 aliphatic heterocycles. The lowest BCUT2D eigenvalue weighted by Gasteiger charge is -2.36. The van der Waals surface area contributed by atoms with Gasteiger partial charge >= 0.3 is 5.97 Å². The lowest BCUT2D eigenvalue weighted by atomic mass is 10.0. The molecule has 1 saturated heterocycles. The molecule has 0 spiro atoms. The van der Waals surface area contributed by atoms with E-state index in [1.54, 1.807) is 12.1 Å². The minimum atomic E-state index is -0.728. The van der Waals surface area contributed by atoms with Gasteiger partial charge in [0.25, 0.3) is 0 Å². The highest BCUT2D eigenvalue weighted by Crippen LogP contribution is 2.17. The molecular formula is C9H10ClN3O2. The van der Waals surface area contributed by atoms with E-state index in [4.69, 9.17) is 16.7 Å². The number of hydrogen-bond donors (Lipinski definition) is 1. The van der Waals surface area contributed by atoms with E-state index in [1.165, 1.54) is 0 Å². The van der Waals surface area contributed by atoms with Crippen LogP contribution in [-0.2, 0) is 11.3 Å². The Labute approximate surface area is 91.7 Å². The van der Waals surface area contributed by atoms with Crippen LogP contribution in [0.1, 0.15) is 5.69 Å². The fraction of sp³-hybridized carbons (Fsp3) is 0.444. The Kier molecular flexibility index (Phi) is 2.83. The van der Waals surface area contributed by atoms with Crippen molar-refractivity contribution in [2.45, 2.75) is 6.54 Å². The van der Waals surface area contributed by atoms with Crippen LogP contribution < -0.4 is 0 Å². The smallest absolute Gasteiger partial charge is 0.309 e. The molecule has 1 aliphatic rings. The maximum Gasteiger partial charge on any atom is 0.309 e. The maximum absolute atomic E-state index is 10.6. The number of aliphatic carboxylic acids is 1. The summed E-state index contributed by atoms with van der Waals surface area (Å²) in [5, 5.41) is 16.7. The van der Waals surface area contributed by atoms with E-state index in [-0.39, 0.29) is 5.92 Å². The first-order valence-corrected chi connectivity index (χ1v) is 4.96. The molecule has 0 saturated carbocycles. The summed E-state index contributed by atoms with van der Waals surface area (Å²) >= 11 is 5.60. The first-order valence-electron chi connectivity index (χ1n) is 4.58. The fourth-order valence-corrected chi connectivity index (χ4v) is 1.61. The van der Waals surface area contributed by atoms with Crippen molar-refractivity contribution in [3.63, 3.8) is 0 Å². The van der Waals surface area contributed by atoms with Crippen LogP contribution in [-0.4, -0.2) is 39.3 Å². The van der Waals surface area contributed by atoms with E-state index in [0.717, 1.165) is 5.69 Å². The molecule has 80 valence electrons. The normalized spacial score (nSPS) is 17.4. The summed E-state index contributed by atoms with van der Waals surface area (Å²) in [7, 11) is 0. The fourth-order valence-electron chi connectivity index (χ4n) is 1.51. The standard InChI is InChI=1S/C9H10ClN3O2/c10-8-2-1-7(11-12-8)5-13-3-6(4-13)9(14)15/h1-2,6H,3-5H2,(H,14,15). The van der Waals surface area contributed by atoms with Crippen LogP contribution in [0.3, 0.4) is 0 Å². The zero-order valence-corrected chi connectivity index (χ0v) is 8.68. The van der Waals surface area contributed by atoms with Crippen molar-refractivity contribution in [1.29, 1.82) is 0 Å². The average molecular weight is 228 g/mol. The third-order valence-electron chi connectivity index (χ3n) is 2.38. The second kappa shape index (κ2) is 4.12. The topological polar surface area (TPSA) is 66.3 Å². The lowest BCUT2D eigenvalue weighted by Crippen LogP contribution is -2.49. The Balaban J connectivity index is 1.85. The average Bonchev–Trinajstić information content (AvgIpc) is 2.13. The summed E-state index contributed by atoms with van der Waals surface area (Å²) in [4.78, 5) is 12.6. The molecule has 0 atom stereocenters. The molecular weight excluding hydrogens is 218 g/mol. The summed E-state index contributed by atoms with van der Waals surface area (Å²) in [5.41, 5.74) is 0.809. The summed E-state index contributed by atoms with van der Waals surface area (Å²) in [6.07, 6.45) is 0. The van der Waals surface area contributed by atoms with Gasteiger partial charge in [0.05, 0.1) is 11.6 Å². The lowest BCUT2D eigenvalue weighted by molar-refractivity contribution is -0.147. The van der Waals surface area contributed by atoms with E-state index < -0.39 is 5.97 Å². The highest BCUT2D eigenvalue weighted by atomic mass is 35.5. The second-order valence-electron chi connectivity index (χ2n) is 3.58. The predicted octanol–water partition coefficient (Wildman–Crippen LogP) is 0.646. The molecule has 1 aromatic rings. The van der Waals surface area contributed by atoms with Crippen LogP contribution in [0.15, 0.2) is 12.1 Å². The number of aromatic nitrogens is 2. The number of likely N-dealkylation sites (tertiary alicyclic amines) is 1. The van der Waals surface area contributed by atoms with Gasteiger partial charge in [-0.3, -0.25) is 9.69 Å². The third kappa shape index (κ3) is 2.43. The second-order valence-corrected chi connectivity index (χ2v) is 3.96. The van der Waals surface area contributed by atoms with Gasteiger partial charge in [-0.2, -0.15) is 5.10 Å². The van der Waals surface area contributed by atoms with E-state index >= 15 is 0 Å². The Morgan fingerprint density at radius 2 is 2.27 bits per heavy atom. The number of halogens is 1. The Morgan fingerprint density at radius 1 is 1.53 bits per heavy atom. The number of rotatable bonds is 3. The number of carbonyl (C=O) groups is 1. The first kappa shape index (κ1) is 10.3. The molecule has 0 amide bonds. The number of carboxylic acid groups (broad SMARTS) is 1. The third-order valence-corrected chi connectivity index (χ3v) is 2.58. The molecule has 1 N–H and O–H groups in total. The highest BCUT2D eigenvalue weighted by molar-refractivity contribution is 6.29. The molecule has 0 unspecified atom stereocenters. The van der Waals surface area contributed by atoms with Gasteiger partial charge in [-0.05, 0) is 12.1 Å². The summed E-state index contributed by atoms with van der Waals surface area (Å²) in [6.45, 7) is 1.80. The SMILES string of the molecule is O=C(O)C1CN(Cc2ccc(Cl)nn2)C1. The molecule has 5 nitrogen and oxygen atoms in total. The molecule has 2 rings (SSSR count). The van der Waals surface area contributed by atoms with Crippen molar-refractivity contribution in [3.8, 4) is 0 Å². The van der Waals surface area contributed by atoms with Gasteiger partial charge in [0.15, 0.2) is 5.15 Å². The molecule has 15 heavy (non-hydrogen) atoms. The first-order chi connectivity index (χ1) is 7.15. The molecule has 1 aromatic heterocycles. The van der Waals surface area contributed by atoms with Gasteiger partial charge in [0.2, 0.25) is 0 Å². The van der Waals surface area contributed by atoms with Crippen LogP contribution in [0.4, 0.5) is 0 Å². The van der Waals surface area contributed by atoms with Gasteiger partial charge in [-0.1, -0.05) is 11.6 Å². The van der Waals surface area contributed by atoms with Gasteiger partial charge in [0.1, 0.15) is 0 Å². The van der Waals surface area contributed by atoms with Crippen molar-refractivity contribution in [3.05, 3.63) is 23.0 Å². The minimum Gasteiger partial charge on any atom is -0.481 e. The summed E-state index contributed by atoms with van der Waals surface area (Å²) in [5.74, 6) is -0.960. The zero-order valence-electron chi connectivity index (χ0n) is 7.93. The van der Waals surface area contributed by atoms with Gasteiger partial charge < -0.3 is 5.11 Å². The molecule has 0 aromatic carbocycles. The van der Waals surface area contributed by atoms with Crippen LogP contribution >= 0.6 is 11.6 Å². The van der Waals surface area contributed by atoms with Crippen molar-refractivity contribution in [2.75, 3.05) is 13.1 Å². The van der Waals surface area contributed by atoms with E-state index in [2.05, 4.69) is 10.2 Å². The Hall–Kier alpha value is -1.20. The summed E-state index contributed by atoms with van der Waals surface area (Å²) in [6, 6.07) is 3.47. The van der Waals surface area contributed by atoms with Crippen LogP contribution in [0.25, 0.3) is 0 Å². The molecule has 0 aliphatic carbocycles. The van der Waals surface area contributed by atoms with E-state index in [9.17, 15) is 4.79 Å². The number of nitrogens with zero attached hydrogens (tertiary/aromatic N) is 3. The van der Waals surface area contributed by atoms with Crippen LogP contribution in [0, 0.1) is 5.92 Å². The predicted molar refractivity (Wildman–Crippen MR) is 53.4 cm³/mol. The van der Waals surface area contributed by atoms with E-state index in [1.807, 2.05) is 4.90 Å². The maximum atomic E-state index is 10.6. The van der Waals surface area contributed by atoms with Gasteiger partial charge in [0, 0.05) is 19.6 Å². The largest absolute Gasteiger partial charge is 0.481 e. The Morgan fingerprint density at radius 3 is 2.80 bits per heavy atom. The number of hydrogen-bond acceptors (Lipinski definition) is 4. The van der Waals surface area contributed by atoms with Crippen LogP contribution in [0.5, 0.6) is 0 Å². The van der Waals surface area contributed by atoms with Gasteiger partial charge in [-0.15, -0.1) is 5.10 Å². The zero-order chi connectivity index (χ0) is 10.8. The quantitative estimate of drug-likeness (QED) is 0.821. The molecule has 0 bridgehead atoms.